The maximum atomic E-state index is 11.9. The SMILES string of the molecule is Cc1oc(NC(=O)CN2CCOCC2)c(C#N)c1C. The van der Waals surface area contributed by atoms with Crippen molar-refractivity contribution in [3.63, 3.8) is 0 Å². The van der Waals surface area contributed by atoms with Crippen LogP contribution in [0.15, 0.2) is 4.42 Å². The Hall–Kier alpha value is -1.84. The molecular weight excluding hydrogens is 246 g/mol. The van der Waals surface area contributed by atoms with Crippen molar-refractivity contribution in [1.29, 1.82) is 5.26 Å². The number of anilines is 1. The molecule has 0 unspecified atom stereocenters. The molecule has 6 nitrogen and oxygen atoms in total. The summed E-state index contributed by atoms with van der Waals surface area (Å²) in [6, 6.07) is 2.05. The molecule has 1 aliphatic rings. The number of amides is 1. The fourth-order valence-corrected chi connectivity index (χ4v) is 1.98. The number of carbonyl (C=O) groups excluding carboxylic acids is 1. The van der Waals surface area contributed by atoms with Crippen molar-refractivity contribution >= 4 is 11.8 Å². The van der Waals surface area contributed by atoms with Crippen LogP contribution in [-0.4, -0.2) is 43.7 Å². The number of morpholine rings is 1. The van der Waals surface area contributed by atoms with Gasteiger partial charge in [0.1, 0.15) is 17.4 Å². The van der Waals surface area contributed by atoms with Gasteiger partial charge in [0.15, 0.2) is 0 Å². The number of ether oxygens (including phenoxy) is 1. The minimum atomic E-state index is -0.174. The van der Waals surface area contributed by atoms with E-state index in [2.05, 4.69) is 11.4 Å². The second kappa shape index (κ2) is 5.87. The molecule has 0 bridgehead atoms. The zero-order valence-corrected chi connectivity index (χ0v) is 11.2. The highest BCUT2D eigenvalue weighted by molar-refractivity contribution is 5.92. The molecule has 1 saturated heterocycles. The first-order valence-corrected chi connectivity index (χ1v) is 6.22. The third-order valence-electron chi connectivity index (χ3n) is 3.22. The summed E-state index contributed by atoms with van der Waals surface area (Å²) >= 11 is 0. The Morgan fingerprint density at radius 3 is 2.74 bits per heavy atom. The lowest BCUT2D eigenvalue weighted by molar-refractivity contribution is -0.118. The number of nitriles is 1. The summed E-state index contributed by atoms with van der Waals surface area (Å²) in [6.45, 7) is 6.64. The molecule has 1 amide bonds. The number of nitrogens with zero attached hydrogens (tertiary/aromatic N) is 2. The van der Waals surface area contributed by atoms with Crippen LogP contribution in [0.25, 0.3) is 0 Å². The molecule has 2 heterocycles. The van der Waals surface area contributed by atoms with Crippen LogP contribution < -0.4 is 5.32 Å². The van der Waals surface area contributed by atoms with Gasteiger partial charge in [-0.25, -0.2) is 0 Å². The second-order valence-electron chi connectivity index (χ2n) is 4.54. The van der Waals surface area contributed by atoms with Crippen LogP contribution >= 0.6 is 0 Å². The predicted molar refractivity (Wildman–Crippen MR) is 68.8 cm³/mol. The molecule has 1 fully saturated rings. The van der Waals surface area contributed by atoms with Gasteiger partial charge in [-0.2, -0.15) is 5.26 Å². The molecule has 0 spiro atoms. The summed E-state index contributed by atoms with van der Waals surface area (Å²) < 4.78 is 10.6. The molecule has 1 N–H and O–H groups in total. The summed E-state index contributed by atoms with van der Waals surface area (Å²) in [7, 11) is 0. The average Bonchev–Trinajstić information content (AvgIpc) is 2.65. The van der Waals surface area contributed by atoms with Gasteiger partial charge in [0.05, 0.1) is 19.8 Å². The van der Waals surface area contributed by atoms with E-state index in [1.807, 2.05) is 4.90 Å². The van der Waals surface area contributed by atoms with Crippen LogP contribution in [0.5, 0.6) is 0 Å². The quantitative estimate of drug-likeness (QED) is 0.881. The van der Waals surface area contributed by atoms with Gasteiger partial charge in [-0.05, 0) is 13.8 Å². The van der Waals surface area contributed by atoms with E-state index in [1.165, 1.54) is 0 Å². The molecule has 0 aromatic carbocycles. The summed E-state index contributed by atoms with van der Waals surface area (Å²) in [5, 5.41) is 11.7. The molecular formula is C13H17N3O3. The van der Waals surface area contributed by atoms with E-state index in [-0.39, 0.29) is 18.3 Å². The number of hydrogen-bond donors (Lipinski definition) is 1. The number of furan rings is 1. The van der Waals surface area contributed by atoms with Crippen molar-refractivity contribution in [3.05, 3.63) is 16.9 Å². The van der Waals surface area contributed by atoms with Crippen LogP contribution in [0.2, 0.25) is 0 Å². The molecule has 1 aromatic heterocycles. The Bertz CT molecular complexity index is 510. The Labute approximate surface area is 111 Å². The van der Waals surface area contributed by atoms with Gasteiger partial charge in [0.25, 0.3) is 0 Å². The Morgan fingerprint density at radius 1 is 1.42 bits per heavy atom. The summed E-state index contributed by atoms with van der Waals surface area (Å²) in [4.78, 5) is 13.9. The van der Waals surface area contributed by atoms with Crippen molar-refractivity contribution < 1.29 is 13.9 Å². The van der Waals surface area contributed by atoms with Gasteiger partial charge in [0, 0.05) is 18.7 Å². The molecule has 0 radical (unpaired) electrons. The van der Waals surface area contributed by atoms with Crippen LogP contribution in [0.4, 0.5) is 5.88 Å². The second-order valence-corrected chi connectivity index (χ2v) is 4.54. The van der Waals surface area contributed by atoms with E-state index in [0.29, 0.717) is 24.5 Å². The fourth-order valence-electron chi connectivity index (χ4n) is 1.98. The number of carbonyl (C=O) groups is 1. The van der Waals surface area contributed by atoms with E-state index in [4.69, 9.17) is 14.4 Å². The first-order chi connectivity index (χ1) is 9.11. The van der Waals surface area contributed by atoms with Crippen molar-refractivity contribution in [2.24, 2.45) is 0 Å². The van der Waals surface area contributed by atoms with Crippen LogP contribution in [-0.2, 0) is 9.53 Å². The van der Waals surface area contributed by atoms with E-state index in [9.17, 15) is 4.79 Å². The van der Waals surface area contributed by atoms with Crippen molar-refractivity contribution in [2.45, 2.75) is 13.8 Å². The third-order valence-corrected chi connectivity index (χ3v) is 3.22. The normalized spacial score (nSPS) is 16.1. The first-order valence-electron chi connectivity index (χ1n) is 6.22. The minimum Gasteiger partial charge on any atom is -0.444 e. The van der Waals surface area contributed by atoms with Crippen LogP contribution in [0.3, 0.4) is 0 Å². The van der Waals surface area contributed by atoms with Gasteiger partial charge in [-0.15, -0.1) is 0 Å². The maximum absolute atomic E-state index is 11.9. The fraction of sp³-hybridized carbons (Fsp3) is 0.538. The molecule has 19 heavy (non-hydrogen) atoms. The summed E-state index contributed by atoms with van der Waals surface area (Å²) in [5.74, 6) is 0.723. The summed E-state index contributed by atoms with van der Waals surface area (Å²) in [5.41, 5.74) is 1.16. The lowest BCUT2D eigenvalue weighted by Crippen LogP contribution is -2.41. The molecule has 6 heteroatoms. The van der Waals surface area contributed by atoms with E-state index < -0.39 is 0 Å². The molecule has 102 valence electrons. The highest BCUT2D eigenvalue weighted by Crippen LogP contribution is 2.25. The molecule has 2 rings (SSSR count). The Morgan fingerprint density at radius 2 is 2.11 bits per heavy atom. The average molecular weight is 263 g/mol. The molecule has 1 aromatic rings. The number of hydrogen-bond acceptors (Lipinski definition) is 5. The lowest BCUT2D eigenvalue weighted by atomic mass is 10.2. The number of rotatable bonds is 3. The molecule has 0 atom stereocenters. The maximum Gasteiger partial charge on any atom is 0.240 e. The summed E-state index contributed by atoms with van der Waals surface area (Å²) in [6.07, 6.45) is 0. The highest BCUT2D eigenvalue weighted by Gasteiger charge is 2.19. The first kappa shape index (κ1) is 13.6. The van der Waals surface area contributed by atoms with Crippen molar-refractivity contribution in [2.75, 3.05) is 38.2 Å². The monoisotopic (exact) mass is 263 g/mol. The largest absolute Gasteiger partial charge is 0.444 e. The standard InChI is InChI=1S/C13H17N3O3/c1-9-10(2)19-13(11(9)7-14)15-12(17)8-16-3-5-18-6-4-16/h3-6,8H2,1-2H3,(H,15,17). The van der Waals surface area contributed by atoms with Gasteiger partial charge >= 0.3 is 0 Å². The third kappa shape index (κ3) is 3.13. The number of aryl methyl sites for hydroxylation is 1. The lowest BCUT2D eigenvalue weighted by Gasteiger charge is -2.25. The van der Waals surface area contributed by atoms with Gasteiger partial charge < -0.3 is 9.15 Å². The Balaban J connectivity index is 1.99. The minimum absolute atomic E-state index is 0.174. The van der Waals surface area contributed by atoms with Crippen LogP contribution in [0.1, 0.15) is 16.9 Å². The van der Waals surface area contributed by atoms with Gasteiger partial charge in [0.2, 0.25) is 11.8 Å². The van der Waals surface area contributed by atoms with Crippen molar-refractivity contribution in [3.8, 4) is 6.07 Å². The van der Waals surface area contributed by atoms with Crippen molar-refractivity contribution in [1.82, 2.24) is 4.90 Å². The van der Waals surface area contributed by atoms with Gasteiger partial charge in [-0.1, -0.05) is 0 Å². The van der Waals surface area contributed by atoms with E-state index >= 15 is 0 Å². The van der Waals surface area contributed by atoms with Crippen LogP contribution in [0, 0.1) is 25.2 Å². The van der Waals surface area contributed by atoms with E-state index in [0.717, 1.165) is 18.7 Å². The predicted octanol–water partition coefficient (Wildman–Crippen LogP) is 1.04. The molecule has 1 aliphatic heterocycles. The highest BCUT2D eigenvalue weighted by atomic mass is 16.5. The zero-order chi connectivity index (χ0) is 13.8. The van der Waals surface area contributed by atoms with Gasteiger partial charge in [-0.3, -0.25) is 15.0 Å². The Kier molecular flexibility index (Phi) is 4.20. The number of nitrogens with one attached hydrogen (secondary N) is 1. The van der Waals surface area contributed by atoms with E-state index in [1.54, 1.807) is 13.8 Å². The smallest absolute Gasteiger partial charge is 0.240 e. The zero-order valence-electron chi connectivity index (χ0n) is 11.2. The molecule has 0 aliphatic carbocycles. The molecule has 0 saturated carbocycles. The topological polar surface area (TPSA) is 78.5 Å².